The lowest BCUT2D eigenvalue weighted by Gasteiger charge is -2.08. The van der Waals surface area contributed by atoms with Crippen LogP contribution in [0.3, 0.4) is 0 Å². The maximum atomic E-state index is 6.29. The molecule has 126 valence electrons. The summed E-state index contributed by atoms with van der Waals surface area (Å²) in [5.41, 5.74) is 2.33. The van der Waals surface area contributed by atoms with Gasteiger partial charge in [-0.1, -0.05) is 58.7 Å². The van der Waals surface area contributed by atoms with Crippen molar-refractivity contribution in [3.63, 3.8) is 0 Å². The second-order valence-electron chi connectivity index (χ2n) is 5.07. The fourth-order valence-corrected chi connectivity index (χ4v) is 2.64. The predicted molar refractivity (Wildman–Crippen MR) is 99.6 cm³/mol. The number of hydrogen-bond donors (Lipinski definition) is 0. The minimum Gasteiger partial charge on any atom is -0.364 e. The molecule has 25 heavy (non-hydrogen) atoms. The van der Waals surface area contributed by atoms with E-state index in [2.05, 4.69) is 15.2 Å². The van der Waals surface area contributed by atoms with Crippen molar-refractivity contribution in [2.75, 3.05) is 0 Å². The Hall–Kier alpha value is -2.63. The molecule has 0 aliphatic heterocycles. The van der Waals surface area contributed by atoms with Crippen LogP contribution in [0.5, 0.6) is 0 Å². The van der Waals surface area contributed by atoms with Gasteiger partial charge in [-0.25, -0.2) is 9.67 Å². The zero-order valence-corrected chi connectivity index (χ0v) is 14.6. The number of halogens is 2. The minimum absolute atomic E-state index is 0.362. The number of hydrogen-bond acceptors (Lipinski definition) is 4. The first-order valence-electron chi connectivity index (χ1n) is 7.44. The molecule has 0 saturated heterocycles. The molecular weight excluding hydrogens is 359 g/mol. The molecule has 0 spiro atoms. The van der Waals surface area contributed by atoms with Crippen LogP contribution >= 0.6 is 23.2 Å². The predicted octanol–water partition coefficient (Wildman–Crippen LogP) is 4.68. The highest BCUT2D eigenvalue weighted by Gasteiger charge is 2.11. The number of oxime groups is 1. The highest BCUT2D eigenvalue weighted by Crippen LogP contribution is 2.22. The Bertz CT molecular complexity index is 877. The first-order valence-corrected chi connectivity index (χ1v) is 8.20. The Morgan fingerprint density at radius 3 is 2.72 bits per heavy atom. The van der Waals surface area contributed by atoms with Crippen LogP contribution < -0.4 is 0 Å². The molecule has 0 atom stereocenters. The van der Waals surface area contributed by atoms with E-state index in [0.29, 0.717) is 22.3 Å². The van der Waals surface area contributed by atoms with Crippen molar-refractivity contribution < 1.29 is 4.84 Å². The molecule has 7 heteroatoms. The van der Waals surface area contributed by atoms with E-state index in [1.807, 2.05) is 36.4 Å². The Balaban J connectivity index is 1.81. The van der Waals surface area contributed by atoms with Crippen LogP contribution in [0.25, 0.3) is 6.08 Å². The molecule has 0 aliphatic carbocycles. The number of aromatic nitrogens is 3. The Morgan fingerprint density at radius 2 is 2.00 bits per heavy atom. The third-order valence-electron chi connectivity index (χ3n) is 3.30. The van der Waals surface area contributed by atoms with Crippen molar-refractivity contribution in [3.8, 4) is 0 Å². The second-order valence-corrected chi connectivity index (χ2v) is 5.92. The number of rotatable bonds is 6. The van der Waals surface area contributed by atoms with E-state index < -0.39 is 0 Å². The molecule has 1 aromatic heterocycles. The van der Waals surface area contributed by atoms with Gasteiger partial charge in [-0.05, 0) is 29.8 Å². The largest absolute Gasteiger partial charge is 0.364 e. The van der Waals surface area contributed by atoms with Gasteiger partial charge in [0.2, 0.25) is 0 Å². The van der Waals surface area contributed by atoms with Gasteiger partial charge in [-0.2, -0.15) is 5.10 Å². The average Bonchev–Trinajstić information content (AvgIpc) is 3.12. The normalized spacial score (nSPS) is 11.8. The molecule has 0 fully saturated rings. The molecular formula is C18H14Cl2N4O. The van der Waals surface area contributed by atoms with E-state index in [1.54, 1.807) is 29.2 Å². The summed E-state index contributed by atoms with van der Waals surface area (Å²) in [5.74, 6) is 0. The van der Waals surface area contributed by atoms with Gasteiger partial charge in [0.1, 0.15) is 24.6 Å². The summed E-state index contributed by atoms with van der Waals surface area (Å²) >= 11 is 12.3. The standard InChI is InChI=1S/C18H14Cl2N4O/c19-15-6-7-16(17(20)10-15)18(11-24-13-21-12-22-24)23-25-9-8-14-4-2-1-3-5-14/h1-10,12-13H,11H2. The third-order valence-corrected chi connectivity index (χ3v) is 3.85. The summed E-state index contributed by atoms with van der Waals surface area (Å²) in [5, 5.41) is 9.32. The van der Waals surface area contributed by atoms with E-state index in [0.717, 1.165) is 11.1 Å². The Kier molecular flexibility index (Phi) is 5.82. The molecule has 5 nitrogen and oxygen atoms in total. The summed E-state index contributed by atoms with van der Waals surface area (Å²) < 4.78 is 1.63. The van der Waals surface area contributed by atoms with Crippen LogP contribution in [-0.2, 0) is 11.4 Å². The van der Waals surface area contributed by atoms with Crippen molar-refractivity contribution in [2.45, 2.75) is 6.54 Å². The molecule has 0 N–H and O–H groups in total. The maximum absolute atomic E-state index is 6.29. The fraction of sp³-hybridized carbons (Fsp3) is 0.0556. The first-order chi connectivity index (χ1) is 12.2. The number of nitrogens with zero attached hydrogens (tertiary/aromatic N) is 4. The van der Waals surface area contributed by atoms with Gasteiger partial charge in [-0.15, -0.1) is 0 Å². The van der Waals surface area contributed by atoms with Crippen molar-refractivity contribution in [2.24, 2.45) is 5.16 Å². The summed E-state index contributed by atoms with van der Waals surface area (Å²) in [4.78, 5) is 9.27. The molecule has 3 aromatic rings. The molecule has 2 aromatic carbocycles. The highest BCUT2D eigenvalue weighted by atomic mass is 35.5. The summed E-state index contributed by atoms with van der Waals surface area (Å²) in [6.45, 7) is 0.362. The Morgan fingerprint density at radius 1 is 1.16 bits per heavy atom. The summed E-state index contributed by atoms with van der Waals surface area (Å²) in [6, 6.07) is 15.0. The van der Waals surface area contributed by atoms with Gasteiger partial charge in [-0.3, -0.25) is 0 Å². The fourth-order valence-electron chi connectivity index (χ4n) is 2.12. The SMILES string of the molecule is Clc1ccc(C(Cn2cncn2)=NOC=Cc2ccccc2)c(Cl)c1. The topological polar surface area (TPSA) is 52.3 Å². The lowest BCUT2D eigenvalue weighted by molar-refractivity contribution is 0.269. The van der Waals surface area contributed by atoms with E-state index in [9.17, 15) is 0 Å². The molecule has 0 radical (unpaired) electrons. The van der Waals surface area contributed by atoms with Gasteiger partial charge in [0.05, 0.1) is 11.6 Å². The maximum Gasteiger partial charge on any atom is 0.137 e. The third kappa shape index (κ3) is 4.92. The van der Waals surface area contributed by atoms with Crippen molar-refractivity contribution in [1.29, 1.82) is 0 Å². The molecule has 3 rings (SSSR count). The van der Waals surface area contributed by atoms with Gasteiger partial charge in [0, 0.05) is 10.6 Å². The average molecular weight is 373 g/mol. The molecule has 0 bridgehead atoms. The van der Waals surface area contributed by atoms with Crippen LogP contribution in [0.15, 0.2) is 72.6 Å². The van der Waals surface area contributed by atoms with E-state index >= 15 is 0 Å². The monoisotopic (exact) mass is 372 g/mol. The van der Waals surface area contributed by atoms with Crippen molar-refractivity contribution >= 4 is 35.0 Å². The van der Waals surface area contributed by atoms with Crippen molar-refractivity contribution in [1.82, 2.24) is 14.8 Å². The second kappa shape index (κ2) is 8.46. The van der Waals surface area contributed by atoms with E-state index in [4.69, 9.17) is 28.0 Å². The highest BCUT2D eigenvalue weighted by molar-refractivity contribution is 6.37. The van der Waals surface area contributed by atoms with E-state index in [1.165, 1.54) is 12.6 Å². The minimum atomic E-state index is 0.362. The van der Waals surface area contributed by atoms with Crippen LogP contribution in [-0.4, -0.2) is 20.5 Å². The van der Waals surface area contributed by atoms with Gasteiger partial charge >= 0.3 is 0 Å². The molecule has 0 aliphatic rings. The van der Waals surface area contributed by atoms with Crippen LogP contribution in [0, 0.1) is 0 Å². The van der Waals surface area contributed by atoms with Crippen LogP contribution in [0.1, 0.15) is 11.1 Å². The zero-order valence-electron chi connectivity index (χ0n) is 13.1. The van der Waals surface area contributed by atoms with Crippen molar-refractivity contribution in [3.05, 3.63) is 88.6 Å². The van der Waals surface area contributed by atoms with Gasteiger partial charge in [0.15, 0.2) is 0 Å². The molecule has 1 heterocycles. The molecule has 0 amide bonds. The smallest absolute Gasteiger partial charge is 0.137 e. The zero-order chi connectivity index (χ0) is 17.5. The van der Waals surface area contributed by atoms with Crippen LogP contribution in [0.2, 0.25) is 10.0 Å². The lowest BCUT2D eigenvalue weighted by Crippen LogP contribution is -2.13. The molecule has 0 unspecified atom stereocenters. The van der Waals surface area contributed by atoms with Gasteiger partial charge < -0.3 is 4.84 Å². The number of benzene rings is 2. The Labute approximate surface area is 155 Å². The quantitative estimate of drug-likeness (QED) is 0.358. The summed E-state index contributed by atoms with van der Waals surface area (Å²) in [6.07, 6.45) is 6.39. The first kappa shape index (κ1) is 17.2. The lowest BCUT2D eigenvalue weighted by atomic mass is 10.1. The molecule has 0 saturated carbocycles. The summed E-state index contributed by atoms with van der Waals surface area (Å²) in [7, 11) is 0. The van der Waals surface area contributed by atoms with Gasteiger partial charge in [0.25, 0.3) is 0 Å². The van der Waals surface area contributed by atoms with Crippen LogP contribution in [0.4, 0.5) is 0 Å². The van der Waals surface area contributed by atoms with E-state index in [-0.39, 0.29) is 0 Å².